The second-order valence-electron chi connectivity index (χ2n) is 5.93. The number of aryl methyl sites for hydroxylation is 1. The van der Waals surface area contributed by atoms with E-state index in [0.29, 0.717) is 0 Å². The van der Waals surface area contributed by atoms with Crippen molar-refractivity contribution in [1.82, 2.24) is 15.0 Å². The van der Waals surface area contributed by atoms with Crippen LogP contribution in [-0.4, -0.2) is 41.1 Å². The average molecular weight is 372 g/mol. The number of hydrogen-bond donors (Lipinski definition) is 0. The van der Waals surface area contributed by atoms with Crippen LogP contribution in [0.25, 0.3) is 11.3 Å². The number of halogens is 1. The zero-order valence-electron chi connectivity index (χ0n) is 13.9. The first-order valence-corrected chi connectivity index (χ1v) is 9.46. The van der Waals surface area contributed by atoms with Crippen LogP contribution in [0.15, 0.2) is 41.9 Å². The van der Waals surface area contributed by atoms with E-state index in [2.05, 4.69) is 25.1 Å². The van der Waals surface area contributed by atoms with Gasteiger partial charge in [0.15, 0.2) is 5.13 Å². The van der Waals surface area contributed by atoms with Gasteiger partial charge in [-0.15, -0.1) is 11.3 Å². The van der Waals surface area contributed by atoms with Gasteiger partial charge in [-0.25, -0.2) is 15.0 Å². The van der Waals surface area contributed by atoms with Gasteiger partial charge in [0.25, 0.3) is 0 Å². The molecule has 3 heterocycles. The van der Waals surface area contributed by atoms with E-state index in [1.165, 1.54) is 0 Å². The summed E-state index contributed by atoms with van der Waals surface area (Å²) in [4.78, 5) is 18.1. The van der Waals surface area contributed by atoms with E-state index in [9.17, 15) is 0 Å². The van der Waals surface area contributed by atoms with Crippen LogP contribution >= 0.6 is 22.9 Å². The molecule has 0 unspecified atom stereocenters. The van der Waals surface area contributed by atoms with E-state index in [-0.39, 0.29) is 0 Å². The van der Waals surface area contributed by atoms with Gasteiger partial charge in [0, 0.05) is 48.3 Å². The fourth-order valence-corrected chi connectivity index (χ4v) is 4.06. The maximum absolute atomic E-state index is 6.29. The lowest BCUT2D eigenvalue weighted by atomic mass is 10.2. The summed E-state index contributed by atoms with van der Waals surface area (Å²) >= 11 is 7.96. The first kappa shape index (κ1) is 16.3. The van der Waals surface area contributed by atoms with Gasteiger partial charge in [0.1, 0.15) is 11.6 Å². The highest BCUT2D eigenvalue weighted by Gasteiger charge is 2.21. The second-order valence-corrected chi connectivity index (χ2v) is 7.18. The molecule has 25 heavy (non-hydrogen) atoms. The van der Waals surface area contributed by atoms with Crippen LogP contribution in [0, 0.1) is 6.92 Å². The summed E-state index contributed by atoms with van der Waals surface area (Å²) < 4.78 is 0. The Morgan fingerprint density at radius 2 is 1.76 bits per heavy atom. The Kier molecular flexibility index (Phi) is 4.55. The molecule has 0 radical (unpaired) electrons. The van der Waals surface area contributed by atoms with Gasteiger partial charge in [0.05, 0.1) is 5.69 Å². The number of rotatable bonds is 3. The third-order valence-electron chi connectivity index (χ3n) is 4.28. The Morgan fingerprint density at radius 1 is 1.00 bits per heavy atom. The Balaban J connectivity index is 1.46. The largest absolute Gasteiger partial charge is 0.353 e. The average Bonchev–Trinajstić information content (AvgIpc) is 3.12. The molecule has 0 spiro atoms. The van der Waals surface area contributed by atoms with Crippen LogP contribution in [0.1, 0.15) is 5.82 Å². The molecule has 3 aromatic rings. The van der Waals surface area contributed by atoms with Crippen molar-refractivity contribution in [2.24, 2.45) is 0 Å². The van der Waals surface area contributed by atoms with Gasteiger partial charge < -0.3 is 9.80 Å². The molecule has 4 rings (SSSR count). The van der Waals surface area contributed by atoms with Crippen molar-refractivity contribution in [2.75, 3.05) is 36.0 Å². The number of aromatic nitrogens is 3. The maximum Gasteiger partial charge on any atom is 0.185 e. The van der Waals surface area contributed by atoms with E-state index in [0.717, 1.165) is 59.2 Å². The molecule has 1 aliphatic heterocycles. The summed E-state index contributed by atoms with van der Waals surface area (Å²) in [6.45, 7) is 5.64. The zero-order valence-corrected chi connectivity index (χ0v) is 15.5. The quantitative estimate of drug-likeness (QED) is 0.699. The standard InChI is InChI=1S/C18H18ClN5S/c1-13-20-7-6-17(21-13)23-8-10-24(11-9-23)18-22-16(12-25-18)14-4-2-3-5-15(14)19/h2-7,12H,8-11H2,1H3. The molecule has 1 saturated heterocycles. The normalized spacial score (nSPS) is 14.8. The zero-order chi connectivity index (χ0) is 17.2. The third-order valence-corrected chi connectivity index (χ3v) is 5.51. The molecule has 0 saturated carbocycles. The van der Waals surface area contributed by atoms with Crippen LogP contribution in [0.4, 0.5) is 10.9 Å². The van der Waals surface area contributed by atoms with Crippen molar-refractivity contribution < 1.29 is 0 Å². The first-order chi connectivity index (χ1) is 12.2. The lowest BCUT2D eigenvalue weighted by Gasteiger charge is -2.35. The summed E-state index contributed by atoms with van der Waals surface area (Å²) in [7, 11) is 0. The minimum atomic E-state index is 0.739. The summed E-state index contributed by atoms with van der Waals surface area (Å²) in [6, 6.07) is 9.81. The second kappa shape index (κ2) is 6.98. The Morgan fingerprint density at radius 3 is 2.52 bits per heavy atom. The molecule has 0 bridgehead atoms. The minimum absolute atomic E-state index is 0.739. The number of anilines is 2. The fourth-order valence-electron chi connectivity index (χ4n) is 2.95. The highest BCUT2D eigenvalue weighted by Crippen LogP contribution is 2.32. The van der Waals surface area contributed by atoms with Gasteiger partial charge in [-0.1, -0.05) is 29.8 Å². The first-order valence-electron chi connectivity index (χ1n) is 8.21. The molecular weight excluding hydrogens is 354 g/mol. The predicted molar refractivity (Wildman–Crippen MR) is 104 cm³/mol. The topological polar surface area (TPSA) is 45.2 Å². The van der Waals surface area contributed by atoms with Crippen molar-refractivity contribution >= 4 is 33.9 Å². The van der Waals surface area contributed by atoms with E-state index < -0.39 is 0 Å². The van der Waals surface area contributed by atoms with Gasteiger partial charge in [0.2, 0.25) is 0 Å². The van der Waals surface area contributed by atoms with Gasteiger partial charge in [-0.2, -0.15) is 0 Å². The summed E-state index contributed by atoms with van der Waals surface area (Å²) in [5.74, 6) is 1.81. The van der Waals surface area contributed by atoms with Crippen LogP contribution in [0.5, 0.6) is 0 Å². The van der Waals surface area contributed by atoms with Crippen molar-refractivity contribution in [3.8, 4) is 11.3 Å². The molecule has 1 fully saturated rings. The highest BCUT2D eigenvalue weighted by atomic mass is 35.5. The van der Waals surface area contributed by atoms with Gasteiger partial charge >= 0.3 is 0 Å². The molecule has 0 atom stereocenters. The summed E-state index contributed by atoms with van der Waals surface area (Å²) in [5.41, 5.74) is 1.93. The number of thiazole rings is 1. The third kappa shape index (κ3) is 3.45. The van der Waals surface area contributed by atoms with Crippen LogP contribution in [0.3, 0.4) is 0 Å². The smallest absolute Gasteiger partial charge is 0.185 e. The lowest BCUT2D eigenvalue weighted by molar-refractivity contribution is 0.644. The van der Waals surface area contributed by atoms with Crippen LogP contribution in [-0.2, 0) is 0 Å². The Labute approximate surface area is 155 Å². The monoisotopic (exact) mass is 371 g/mol. The van der Waals surface area contributed by atoms with Gasteiger partial charge in [-0.3, -0.25) is 0 Å². The summed E-state index contributed by atoms with van der Waals surface area (Å²) in [5, 5.41) is 3.87. The molecule has 1 aromatic carbocycles. The van der Waals surface area contributed by atoms with Crippen molar-refractivity contribution in [3.63, 3.8) is 0 Å². The van der Waals surface area contributed by atoms with E-state index >= 15 is 0 Å². The van der Waals surface area contributed by atoms with Crippen LogP contribution < -0.4 is 9.80 Å². The molecule has 0 amide bonds. The van der Waals surface area contributed by atoms with E-state index in [1.807, 2.05) is 43.5 Å². The number of hydrogen-bond acceptors (Lipinski definition) is 6. The molecule has 5 nitrogen and oxygen atoms in total. The Hall–Kier alpha value is -2.18. The van der Waals surface area contributed by atoms with Crippen LogP contribution in [0.2, 0.25) is 5.02 Å². The lowest BCUT2D eigenvalue weighted by Crippen LogP contribution is -2.46. The summed E-state index contributed by atoms with van der Waals surface area (Å²) in [6.07, 6.45) is 1.82. The predicted octanol–water partition coefficient (Wildman–Crippen LogP) is 3.89. The fraction of sp³-hybridized carbons (Fsp3) is 0.278. The molecule has 0 aliphatic carbocycles. The van der Waals surface area contributed by atoms with Crippen molar-refractivity contribution in [3.05, 3.63) is 52.8 Å². The van der Waals surface area contributed by atoms with Gasteiger partial charge in [-0.05, 0) is 19.1 Å². The van der Waals surface area contributed by atoms with E-state index in [4.69, 9.17) is 16.6 Å². The molecule has 1 aliphatic rings. The maximum atomic E-state index is 6.29. The SMILES string of the molecule is Cc1nccc(N2CCN(c3nc(-c4ccccc4Cl)cs3)CC2)n1. The molecule has 128 valence electrons. The minimum Gasteiger partial charge on any atom is -0.353 e. The van der Waals surface area contributed by atoms with Crippen molar-refractivity contribution in [1.29, 1.82) is 0 Å². The Bertz CT molecular complexity index is 873. The molecule has 0 N–H and O–H groups in total. The number of benzene rings is 1. The van der Waals surface area contributed by atoms with Crippen molar-refractivity contribution in [2.45, 2.75) is 6.92 Å². The molecular formula is C18H18ClN5S. The molecule has 2 aromatic heterocycles. The number of nitrogens with zero attached hydrogens (tertiary/aromatic N) is 5. The van der Waals surface area contributed by atoms with E-state index in [1.54, 1.807) is 11.3 Å². The highest BCUT2D eigenvalue weighted by molar-refractivity contribution is 7.14. The number of piperazine rings is 1. The molecule has 7 heteroatoms.